The highest BCUT2D eigenvalue weighted by Gasteiger charge is 2.20. The highest BCUT2D eigenvalue weighted by Crippen LogP contribution is 2.19. The lowest BCUT2D eigenvalue weighted by molar-refractivity contribution is -0.115. The van der Waals surface area contributed by atoms with Crippen LogP contribution in [-0.2, 0) is 4.79 Å². The second-order valence-corrected chi connectivity index (χ2v) is 4.81. The molecule has 1 aromatic carbocycles. The molecule has 2 N–H and O–H groups in total. The first kappa shape index (κ1) is 11.5. The summed E-state index contributed by atoms with van der Waals surface area (Å²) < 4.78 is 0. The maximum Gasteiger partial charge on any atom is 0.238 e. The molecule has 1 fully saturated rings. The molecule has 0 bridgehead atoms. The summed E-state index contributed by atoms with van der Waals surface area (Å²) in [5, 5.41) is 6.05. The summed E-state index contributed by atoms with van der Waals surface area (Å²) in [5.41, 5.74) is 0.861. The van der Waals surface area contributed by atoms with Crippen LogP contribution in [0.25, 0.3) is 0 Å². The number of anilines is 1. The normalized spacial score (nSPS) is 14.8. The number of nitrogens with one attached hydrogen (secondary N) is 2. The molecule has 86 valence electrons. The second kappa shape index (κ2) is 5.37. The molecule has 0 heterocycles. The van der Waals surface area contributed by atoms with Crippen LogP contribution in [0.15, 0.2) is 29.2 Å². The van der Waals surface area contributed by atoms with Crippen molar-refractivity contribution in [3.05, 3.63) is 24.3 Å². The summed E-state index contributed by atoms with van der Waals surface area (Å²) in [6, 6.07) is 8.45. The lowest BCUT2D eigenvalue weighted by Gasteiger charge is -2.06. The maximum atomic E-state index is 11.5. The van der Waals surface area contributed by atoms with Crippen LogP contribution in [0.2, 0.25) is 0 Å². The molecule has 1 aromatic rings. The summed E-state index contributed by atoms with van der Waals surface area (Å²) in [6.45, 7) is 0.412. The van der Waals surface area contributed by atoms with Crippen LogP contribution < -0.4 is 10.6 Å². The number of amides is 1. The molecule has 0 spiro atoms. The predicted octanol–water partition coefficient (Wildman–Crippen LogP) is 2.10. The first-order valence-corrected chi connectivity index (χ1v) is 6.67. The molecule has 4 heteroatoms. The highest BCUT2D eigenvalue weighted by atomic mass is 32.2. The number of rotatable bonds is 5. The van der Waals surface area contributed by atoms with E-state index in [2.05, 4.69) is 10.6 Å². The van der Waals surface area contributed by atoms with Gasteiger partial charge in [-0.15, -0.1) is 11.8 Å². The van der Waals surface area contributed by atoms with Gasteiger partial charge in [0.15, 0.2) is 0 Å². The SMILES string of the molecule is CSc1ccc(NC(=O)CNC2CC2)cc1. The zero-order valence-corrected chi connectivity index (χ0v) is 10.1. The molecule has 1 aliphatic rings. The van der Waals surface area contributed by atoms with Gasteiger partial charge in [0, 0.05) is 16.6 Å². The highest BCUT2D eigenvalue weighted by molar-refractivity contribution is 7.98. The lowest BCUT2D eigenvalue weighted by atomic mass is 10.3. The van der Waals surface area contributed by atoms with E-state index < -0.39 is 0 Å². The molecular formula is C12H16N2OS. The number of carbonyl (C=O) groups is 1. The predicted molar refractivity (Wildman–Crippen MR) is 67.9 cm³/mol. The smallest absolute Gasteiger partial charge is 0.238 e. The molecule has 0 radical (unpaired) electrons. The van der Waals surface area contributed by atoms with Gasteiger partial charge in [0.05, 0.1) is 6.54 Å². The van der Waals surface area contributed by atoms with Crippen LogP contribution >= 0.6 is 11.8 Å². The number of benzene rings is 1. The third-order valence-corrected chi connectivity index (χ3v) is 3.25. The fourth-order valence-electron chi connectivity index (χ4n) is 1.40. The largest absolute Gasteiger partial charge is 0.325 e. The Morgan fingerprint density at radius 1 is 1.38 bits per heavy atom. The third-order valence-electron chi connectivity index (χ3n) is 2.50. The Hall–Kier alpha value is -1.00. The van der Waals surface area contributed by atoms with E-state index in [0.29, 0.717) is 12.6 Å². The average molecular weight is 236 g/mol. The van der Waals surface area contributed by atoms with Crippen molar-refractivity contribution in [1.82, 2.24) is 5.32 Å². The fraction of sp³-hybridized carbons (Fsp3) is 0.417. The van der Waals surface area contributed by atoms with Crippen LogP contribution in [-0.4, -0.2) is 24.7 Å². The van der Waals surface area contributed by atoms with Crippen LogP contribution in [0.4, 0.5) is 5.69 Å². The number of hydrogen-bond donors (Lipinski definition) is 2. The van der Waals surface area contributed by atoms with Gasteiger partial charge in [-0.2, -0.15) is 0 Å². The number of hydrogen-bond acceptors (Lipinski definition) is 3. The topological polar surface area (TPSA) is 41.1 Å². The van der Waals surface area contributed by atoms with E-state index in [0.717, 1.165) is 5.69 Å². The van der Waals surface area contributed by atoms with Crippen molar-refractivity contribution in [2.75, 3.05) is 18.1 Å². The van der Waals surface area contributed by atoms with Gasteiger partial charge >= 0.3 is 0 Å². The van der Waals surface area contributed by atoms with E-state index in [1.54, 1.807) is 11.8 Å². The van der Waals surface area contributed by atoms with Crippen molar-refractivity contribution >= 4 is 23.4 Å². The summed E-state index contributed by atoms with van der Waals surface area (Å²) in [7, 11) is 0. The quantitative estimate of drug-likeness (QED) is 0.769. The molecule has 0 saturated heterocycles. The van der Waals surface area contributed by atoms with E-state index in [1.807, 2.05) is 30.5 Å². The lowest BCUT2D eigenvalue weighted by Crippen LogP contribution is -2.29. The van der Waals surface area contributed by atoms with Gasteiger partial charge in [0.2, 0.25) is 5.91 Å². The molecule has 0 unspecified atom stereocenters. The standard InChI is InChI=1S/C12H16N2OS/c1-16-11-6-4-10(5-7-11)14-12(15)8-13-9-2-3-9/h4-7,9,13H,2-3,8H2,1H3,(H,14,15). The minimum absolute atomic E-state index is 0.0313. The van der Waals surface area contributed by atoms with E-state index >= 15 is 0 Å². The molecule has 2 rings (SSSR count). The van der Waals surface area contributed by atoms with E-state index in [1.165, 1.54) is 17.7 Å². The molecule has 0 aliphatic heterocycles. The van der Waals surface area contributed by atoms with E-state index in [9.17, 15) is 4.79 Å². The second-order valence-electron chi connectivity index (χ2n) is 3.93. The van der Waals surface area contributed by atoms with Crippen molar-refractivity contribution in [2.45, 2.75) is 23.8 Å². The minimum atomic E-state index is 0.0313. The maximum absolute atomic E-state index is 11.5. The van der Waals surface area contributed by atoms with E-state index in [4.69, 9.17) is 0 Å². The van der Waals surface area contributed by atoms with Crippen LogP contribution in [0, 0.1) is 0 Å². The average Bonchev–Trinajstić information content (AvgIpc) is 3.11. The van der Waals surface area contributed by atoms with Crippen molar-refractivity contribution < 1.29 is 4.79 Å². The van der Waals surface area contributed by atoms with Gasteiger partial charge in [0.25, 0.3) is 0 Å². The van der Waals surface area contributed by atoms with Gasteiger partial charge in [-0.05, 0) is 43.4 Å². The van der Waals surface area contributed by atoms with Gasteiger partial charge in [-0.25, -0.2) is 0 Å². The minimum Gasteiger partial charge on any atom is -0.325 e. The Bertz CT molecular complexity index is 360. The van der Waals surface area contributed by atoms with Crippen LogP contribution in [0.3, 0.4) is 0 Å². The first-order valence-electron chi connectivity index (χ1n) is 5.45. The van der Waals surface area contributed by atoms with Crippen molar-refractivity contribution in [3.63, 3.8) is 0 Å². The van der Waals surface area contributed by atoms with Gasteiger partial charge in [0.1, 0.15) is 0 Å². The van der Waals surface area contributed by atoms with Gasteiger partial charge in [-0.3, -0.25) is 4.79 Å². The molecule has 1 saturated carbocycles. The molecule has 1 amide bonds. The molecule has 1 aliphatic carbocycles. The van der Waals surface area contributed by atoms with Crippen molar-refractivity contribution in [1.29, 1.82) is 0 Å². The Labute approximate surface area is 100.0 Å². The number of carbonyl (C=O) groups excluding carboxylic acids is 1. The Kier molecular flexibility index (Phi) is 3.85. The monoisotopic (exact) mass is 236 g/mol. The zero-order valence-electron chi connectivity index (χ0n) is 9.32. The molecule has 0 atom stereocenters. The molecule has 3 nitrogen and oxygen atoms in total. The third kappa shape index (κ3) is 3.54. The summed E-state index contributed by atoms with van der Waals surface area (Å²) in [4.78, 5) is 12.7. The van der Waals surface area contributed by atoms with Crippen molar-refractivity contribution in [2.24, 2.45) is 0 Å². The van der Waals surface area contributed by atoms with Gasteiger partial charge < -0.3 is 10.6 Å². The van der Waals surface area contributed by atoms with Crippen molar-refractivity contribution in [3.8, 4) is 0 Å². The van der Waals surface area contributed by atoms with Gasteiger partial charge in [-0.1, -0.05) is 0 Å². The summed E-state index contributed by atoms with van der Waals surface area (Å²) >= 11 is 1.69. The zero-order chi connectivity index (χ0) is 11.4. The number of thioether (sulfide) groups is 1. The molecular weight excluding hydrogens is 220 g/mol. The fourth-order valence-corrected chi connectivity index (χ4v) is 1.81. The van der Waals surface area contributed by atoms with Crippen LogP contribution in [0.1, 0.15) is 12.8 Å². The first-order chi connectivity index (χ1) is 7.78. The Balaban J connectivity index is 1.79. The van der Waals surface area contributed by atoms with Crippen LogP contribution in [0.5, 0.6) is 0 Å². The Morgan fingerprint density at radius 3 is 2.62 bits per heavy atom. The van der Waals surface area contributed by atoms with E-state index in [-0.39, 0.29) is 5.91 Å². The summed E-state index contributed by atoms with van der Waals surface area (Å²) in [6.07, 6.45) is 4.44. The summed E-state index contributed by atoms with van der Waals surface area (Å²) in [5.74, 6) is 0.0313. The Morgan fingerprint density at radius 2 is 2.06 bits per heavy atom. The molecule has 0 aromatic heterocycles. The molecule has 16 heavy (non-hydrogen) atoms.